The lowest BCUT2D eigenvalue weighted by atomic mass is 10.0. The van der Waals surface area contributed by atoms with Crippen molar-refractivity contribution >= 4 is 23.0 Å². The van der Waals surface area contributed by atoms with E-state index < -0.39 is 0 Å². The first-order chi connectivity index (χ1) is 11.3. The van der Waals surface area contributed by atoms with Crippen LogP contribution in [0.3, 0.4) is 0 Å². The highest BCUT2D eigenvalue weighted by Crippen LogP contribution is 2.31. The molecule has 0 fully saturated rings. The first kappa shape index (κ1) is 15.4. The van der Waals surface area contributed by atoms with Crippen molar-refractivity contribution in [3.05, 3.63) is 82.0 Å². The molecule has 0 spiro atoms. The second-order valence-corrected chi connectivity index (χ2v) is 6.00. The van der Waals surface area contributed by atoms with Gasteiger partial charge in [0.25, 0.3) is 0 Å². The fraction of sp³-hybridized carbons (Fsp3) is 0.100. The largest absolute Gasteiger partial charge is 0.497 e. The van der Waals surface area contributed by atoms with E-state index in [4.69, 9.17) is 9.47 Å². The summed E-state index contributed by atoms with van der Waals surface area (Å²) in [5.41, 5.74) is 3.43. The van der Waals surface area contributed by atoms with Gasteiger partial charge in [-0.15, -0.1) is 11.3 Å². The summed E-state index contributed by atoms with van der Waals surface area (Å²) in [7, 11) is 3.33. The lowest BCUT2D eigenvalue weighted by Gasteiger charge is -2.09. The molecule has 0 saturated heterocycles. The van der Waals surface area contributed by atoms with E-state index >= 15 is 0 Å². The topological polar surface area (TPSA) is 18.5 Å². The maximum Gasteiger partial charge on any atom is 0.123 e. The predicted molar refractivity (Wildman–Crippen MR) is 97.3 cm³/mol. The summed E-state index contributed by atoms with van der Waals surface area (Å²) >= 11 is 1.73. The van der Waals surface area contributed by atoms with Crippen LogP contribution < -0.4 is 9.47 Å². The second-order valence-electron chi connectivity index (χ2n) is 5.05. The number of methoxy groups -OCH3 is 2. The minimum Gasteiger partial charge on any atom is -0.497 e. The SMILES string of the molecule is COc1cc(C=C(c2ccccc2)c2cccs2)cc(OC)c1. The van der Waals surface area contributed by atoms with Crippen LogP contribution in [0.15, 0.2) is 66.0 Å². The zero-order chi connectivity index (χ0) is 16.1. The summed E-state index contributed by atoms with van der Waals surface area (Å²) < 4.78 is 10.7. The molecule has 0 aliphatic carbocycles. The quantitative estimate of drug-likeness (QED) is 0.589. The van der Waals surface area contributed by atoms with Crippen LogP contribution in [0.5, 0.6) is 11.5 Å². The first-order valence-corrected chi connectivity index (χ1v) is 8.22. The van der Waals surface area contributed by atoms with E-state index in [0.717, 1.165) is 17.1 Å². The smallest absolute Gasteiger partial charge is 0.123 e. The van der Waals surface area contributed by atoms with Crippen molar-refractivity contribution in [2.75, 3.05) is 14.2 Å². The number of rotatable bonds is 5. The fourth-order valence-electron chi connectivity index (χ4n) is 2.43. The molecule has 23 heavy (non-hydrogen) atoms. The molecule has 0 amide bonds. The van der Waals surface area contributed by atoms with Crippen molar-refractivity contribution in [2.45, 2.75) is 0 Å². The van der Waals surface area contributed by atoms with Crippen LogP contribution in [0.4, 0.5) is 0 Å². The molecular formula is C20H18O2S. The molecule has 0 radical (unpaired) electrons. The highest BCUT2D eigenvalue weighted by Gasteiger charge is 2.07. The number of ether oxygens (including phenoxy) is 2. The Kier molecular flexibility index (Phi) is 4.79. The number of hydrogen-bond donors (Lipinski definition) is 0. The van der Waals surface area contributed by atoms with Gasteiger partial charge in [-0.3, -0.25) is 0 Å². The monoisotopic (exact) mass is 322 g/mol. The predicted octanol–water partition coefficient (Wildman–Crippen LogP) is 5.35. The van der Waals surface area contributed by atoms with E-state index in [1.807, 2.05) is 24.3 Å². The summed E-state index contributed by atoms with van der Waals surface area (Å²) in [6.45, 7) is 0. The molecule has 1 heterocycles. The zero-order valence-electron chi connectivity index (χ0n) is 13.2. The van der Waals surface area contributed by atoms with Gasteiger partial charge in [-0.25, -0.2) is 0 Å². The molecule has 3 aromatic rings. The Labute approximate surface area is 140 Å². The van der Waals surface area contributed by atoms with Crippen LogP contribution >= 0.6 is 11.3 Å². The maximum atomic E-state index is 5.37. The van der Waals surface area contributed by atoms with Crippen molar-refractivity contribution in [1.29, 1.82) is 0 Å². The Morgan fingerprint density at radius 2 is 1.57 bits per heavy atom. The van der Waals surface area contributed by atoms with Crippen LogP contribution in [0.2, 0.25) is 0 Å². The molecule has 2 aromatic carbocycles. The van der Waals surface area contributed by atoms with Crippen molar-refractivity contribution in [3.8, 4) is 11.5 Å². The van der Waals surface area contributed by atoms with Crippen LogP contribution in [0.1, 0.15) is 16.0 Å². The van der Waals surface area contributed by atoms with Crippen molar-refractivity contribution in [2.24, 2.45) is 0 Å². The van der Waals surface area contributed by atoms with Gasteiger partial charge in [-0.1, -0.05) is 36.4 Å². The first-order valence-electron chi connectivity index (χ1n) is 7.34. The third kappa shape index (κ3) is 3.63. The molecule has 0 bridgehead atoms. The minimum atomic E-state index is 0.786. The van der Waals surface area contributed by atoms with Gasteiger partial charge in [0.15, 0.2) is 0 Å². The van der Waals surface area contributed by atoms with Gasteiger partial charge in [0, 0.05) is 10.9 Å². The Bertz CT molecular complexity index is 768. The van der Waals surface area contributed by atoms with Gasteiger partial charge in [0.05, 0.1) is 14.2 Å². The van der Waals surface area contributed by atoms with Crippen molar-refractivity contribution in [3.63, 3.8) is 0 Å². The molecule has 1 aromatic heterocycles. The van der Waals surface area contributed by atoms with E-state index in [9.17, 15) is 0 Å². The molecule has 3 heteroatoms. The third-order valence-electron chi connectivity index (χ3n) is 3.56. The standard InChI is InChI=1S/C20H18O2S/c1-21-17-11-15(12-18(14-17)22-2)13-19(20-9-6-10-23-20)16-7-4-3-5-8-16/h3-14H,1-2H3. The number of benzene rings is 2. The maximum absolute atomic E-state index is 5.37. The summed E-state index contributed by atoms with van der Waals surface area (Å²) in [5, 5.41) is 2.10. The number of hydrogen-bond acceptors (Lipinski definition) is 3. The van der Waals surface area contributed by atoms with Crippen molar-refractivity contribution in [1.82, 2.24) is 0 Å². The molecule has 116 valence electrons. The Morgan fingerprint density at radius 3 is 2.13 bits per heavy atom. The molecule has 0 saturated carbocycles. The highest BCUT2D eigenvalue weighted by atomic mass is 32.1. The van der Waals surface area contributed by atoms with E-state index in [1.165, 1.54) is 16.0 Å². The van der Waals surface area contributed by atoms with E-state index in [1.54, 1.807) is 25.6 Å². The van der Waals surface area contributed by atoms with Gasteiger partial charge in [0.1, 0.15) is 11.5 Å². The van der Waals surface area contributed by atoms with E-state index in [2.05, 4.69) is 47.9 Å². The normalized spacial score (nSPS) is 11.3. The molecule has 2 nitrogen and oxygen atoms in total. The number of thiophene rings is 1. The summed E-state index contributed by atoms with van der Waals surface area (Å²) in [5.74, 6) is 1.57. The Balaban J connectivity index is 2.12. The Morgan fingerprint density at radius 1 is 0.870 bits per heavy atom. The second kappa shape index (κ2) is 7.16. The highest BCUT2D eigenvalue weighted by molar-refractivity contribution is 7.11. The van der Waals surface area contributed by atoms with Gasteiger partial charge < -0.3 is 9.47 Å². The summed E-state index contributed by atoms with van der Waals surface area (Å²) in [4.78, 5) is 1.23. The summed E-state index contributed by atoms with van der Waals surface area (Å²) in [6.07, 6.45) is 2.17. The fourth-order valence-corrected chi connectivity index (χ4v) is 3.19. The van der Waals surface area contributed by atoms with E-state index in [0.29, 0.717) is 0 Å². The van der Waals surface area contributed by atoms with E-state index in [-0.39, 0.29) is 0 Å². The average Bonchev–Trinajstić information content (AvgIpc) is 3.14. The van der Waals surface area contributed by atoms with Crippen LogP contribution in [0.25, 0.3) is 11.6 Å². The molecule has 0 N–H and O–H groups in total. The van der Waals surface area contributed by atoms with Gasteiger partial charge >= 0.3 is 0 Å². The molecular weight excluding hydrogens is 304 g/mol. The van der Waals surface area contributed by atoms with Crippen LogP contribution in [-0.2, 0) is 0 Å². The molecule has 0 aliphatic heterocycles. The third-order valence-corrected chi connectivity index (χ3v) is 4.46. The van der Waals surface area contributed by atoms with Crippen LogP contribution in [0, 0.1) is 0 Å². The molecule has 3 rings (SSSR count). The minimum absolute atomic E-state index is 0.786. The van der Waals surface area contributed by atoms with Gasteiger partial charge in [-0.05, 0) is 46.4 Å². The van der Waals surface area contributed by atoms with Gasteiger partial charge in [0.2, 0.25) is 0 Å². The molecule has 0 atom stereocenters. The average molecular weight is 322 g/mol. The molecule has 0 aliphatic rings. The zero-order valence-corrected chi connectivity index (χ0v) is 14.0. The summed E-state index contributed by atoms with van der Waals surface area (Å²) in [6, 6.07) is 20.5. The van der Waals surface area contributed by atoms with Gasteiger partial charge in [-0.2, -0.15) is 0 Å². The lowest BCUT2D eigenvalue weighted by Crippen LogP contribution is -1.90. The van der Waals surface area contributed by atoms with Crippen LogP contribution in [-0.4, -0.2) is 14.2 Å². The Hall–Kier alpha value is -2.52. The van der Waals surface area contributed by atoms with Crippen molar-refractivity contribution < 1.29 is 9.47 Å². The molecule has 0 unspecified atom stereocenters. The lowest BCUT2D eigenvalue weighted by molar-refractivity contribution is 0.394.